The summed E-state index contributed by atoms with van der Waals surface area (Å²) in [5.41, 5.74) is -0.575. The zero-order valence-electron chi connectivity index (χ0n) is 12.4. The first kappa shape index (κ1) is 16.9. The third-order valence-corrected chi connectivity index (χ3v) is 5.25. The Morgan fingerprint density at radius 2 is 2.18 bits per heavy atom. The van der Waals surface area contributed by atoms with Gasteiger partial charge in [-0.2, -0.15) is 0 Å². The van der Waals surface area contributed by atoms with E-state index in [2.05, 4.69) is 14.8 Å². The van der Waals surface area contributed by atoms with Gasteiger partial charge in [0, 0.05) is 12.1 Å². The van der Waals surface area contributed by atoms with E-state index in [0.29, 0.717) is 6.42 Å². The van der Waals surface area contributed by atoms with Gasteiger partial charge in [-0.15, -0.1) is 0 Å². The Labute approximate surface area is 129 Å². The first-order valence-corrected chi connectivity index (χ1v) is 8.47. The van der Waals surface area contributed by atoms with E-state index in [1.807, 2.05) is 6.92 Å². The number of hydrogen-bond acceptors (Lipinski definition) is 5. The van der Waals surface area contributed by atoms with Crippen LogP contribution in [-0.4, -0.2) is 40.1 Å². The van der Waals surface area contributed by atoms with Gasteiger partial charge in [-0.05, 0) is 38.4 Å². The molecule has 22 heavy (non-hydrogen) atoms. The number of nitrogens with one attached hydrogen (secondary N) is 2. The zero-order valence-corrected chi connectivity index (χ0v) is 13.2. The third-order valence-electron chi connectivity index (χ3n) is 3.72. The highest BCUT2D eigenvalue weighted by atomic mass is 32.2. The van der Waals surface area contributed by atoms with Gasteiger partial charge in [-0.1, -0.05) is 6.07 Å². The van der Waals surface area contributed by atoms with Crippen LogP contribution in [0.5, 0.6) is 0 Å². The predicted molar refractivity (Wildman–Crippen MR) is 78.5 cm³/mol. The van der Waals surface area contributed by atoms with Gasteiger partial charge < -0.3 is 10.1 Å². The van der Waals surface area contributed by atoms with E-state index < -0.39 is 32.3 Å². The van der Waals surface area contributed by atoms with Crippen LogP contribution < -0.4 is 10.0 Å². The molecule has 1 heterocycles. The first-order valence-electron chi connectivity index (χ1n) is 6.99. The van der Waals surface area contributed by atoms with Gasteiger partial charge in [0.15, 0.2) is 0 Å². The topological polar surface area (TPSA) is 84.5 Å². The molecule has 0 amide bonds. The fourth-order valence-corrected chi connectivity index (χ4v) is 4.05. The lowest BCUT2D eigenvalue weighted by molar-refractivity contribution is 0.0590. The summed E-state index contributed by atoms with van der Waals surface area (Å²) in [6.45, 7) is 2.70. The van der Waals surface area contributed by atoms with Gasteiger partial charge in [0.2, 0.25) is 10.0 Å². The number of benzene rings is 1. The van der Waals surface area contributed by atoms with Gasteiger partial charge in [-0.25, -0.2) is 22.3 Å². The smallest absolute Gasteiger partial charge is 0.342 e. The molecule has 8 heteroatoms. The number of esters is 1. The second-order valence-electron chi connectivity index (χ2n) is 5.22. The summed E-state index contributed by atoms with van der Waals surface area (Å²) in [6, 6.07) is 3.11. The molecule has 0 bridgehead atoms. The molecule has 1 fully saturated rings. The van der Waals surface area contributed by atoms with Crippen LogP contribution in [0.2, 0.25) is 0 Å². The quantitative estimate of drug-likeness (QED) is 0.806. The summed E-state index contributed by atoms with van der Waals surface area (Å²) in [7, 11) is -2.96. The van der Waals surface area contributed by atoms with Crippen molar-refractivity contribution < 1.29 is 22.3 Å². The van der Waals surface area contributed by atoms with Gasteiger partial charge in [0.1, 0.15) is 11.4 Å². The number of hydrogen-bond donors (Lipinski definition) is 2. The number of methoxy groups -OCH3 is 1. The molecule has 1 saturated heterocycles. The molecule has 0 saturated carbocycles. The molecule has 2 atom stereocenters. The van der Waals surface area contributed by atoms with Crippen molar-refractivity contribution >= 4 is 16.0 Å². The van der Waals surface area contributed by atoms with Crippen LogP contribution in [0.1, 0.15) is 30.1 Å². The fraction of sp³-hybridized carbons (Fsp3) is 0.500. The Kier molecular flexibility index (Phi) is 5.15. The SMILES string of the molecule is COC(=O)c1c(F)cccc1S(=O)(=O)NC1CCCNC1C. The molecule has 1 aromatic rings. The highest BCUT2D eigenvalue weighted by molar-refractivity contribution is 7.89. The van der Waals surface area contributed by atoms with Crippen molar-refractivity contribution in [1.82, 2.24) is 10.0 Å². The van der Waals surface area contributed by atoms with Crippen molar-refractivity contribution in [2.24, 2.45) is 0 Å². The van der Waals surface area contributed by atoms with Crippen LogP contribution in [0.25, 0.3) is 0 Å². The monoisotopic (exact) mass is 330 g/mol. The highest BCUT2D eigenvalue weighted by Gasteiger charge is 2.31. The molecule has 122 valence electrons. The van der Waals surface area contributed by atoms with Crippen molar-refractivity contribution in [3.8, 4) is 0 Å². The van der Waals surface area contributed by atoms with Gasteiger partial charge >= 0.3 is 5.97 Å². The van der Waals surface area contributed by atoms with E-state index in [1.54, 1.807) is 0 Å². The number of piperidine rings is 1. The maximum absolute atomic E-state index is 13.9. The first-order chi connectivity index (χ1) is 10.4. The largest absolute Gasteiger partial charge is 0.465 e. The molecule has 6 nitrogen and oxygen atoms in total. The van der Waals surface area contributed by atoms with Gasteiger partial charge in [-0.3, -0.25) is 0 Å². The molecule has 2 rings (SSSR count). The van der Waals surface area contributed by atoms with E-state index >= 15 is 0 Å². The Morgan fingerprint density at radius 3 is 2.82 bits per heavy atom. The van der Waals surface area contributed by atoms with Crippen LogP contribution in [0, 0.1) is 5.82 Å². The lowest BCUT2D eigenvalue weighted by Gasteiger charge is -2.30. The summed E-state index contributed by atoms with van der Waals surface area (Å²) in [4.78, 5) is 11.3. The van der Waals surface area contributed by atoms with E-state index in [4.69, 9.17) is 0 Å². The van der Waals surface area contributed by atoms with Crippen molar-refractivity contribution in [3.63, 3.8) is 0 Å². The molecular formula is C14H19FN2O4S. The van der Waals surface area contributed by atoms with E-state index in [-0.39, 0.29) is 12.1 Å². The molecule has 0 aliphatic carbocycles. The number of ether oxygens (including phenoxy) is 1. The van der Waals surface area contributed by atoms with Crippen molar-refractivity contribution in [2.75, 3.05) is 13.7 Å². The zero-order chi connectivity index (χ0) is 16.3. The summed E-state index contributed by atoms with van der Waals surface area (Å²) < 4.78 is 45.9. The van der Waals surface area contributed by atoms with Crippen LogP contribution in [-0.2, 0) is 14.8 Å². The minimum atomic E-state index is -4.03. The normalized spacial score (nSPS) is 22.3. The Hall–Kier alpha value is -1.51. The molecular weight excluding hydrogens is 311 g/mol. The number of halogens is 1. The molecule has 2 unspecified atom stereocenters. The molecule has 1 aliphatic rings. The average Bonchev–Trinajstić information content (AvgIpc) is 2.48. The maximum Gasteiger partial charge on any atom is 0.342 e. The Balaban J connectivity index is 2.37. The molecule has 2 N–H and O–H groups in total. The average molecular weight is 330 g/mol. The summed E-state index contributed by atoms with van der Waals surface area (Å²) in [5.74, 6) is -1.95. The maximum atomic E-state index is 13.9. The van der Waals surface area contributed by atoms with E-state index in [1.165, 1.54) is 12.1 Å². The third kappa shape index (κ3) is 3.45. The summed E-state index contributed by atoms with van der Waals surface area (Å²) in [6.07, 6.45) is 1.51. The van der Waals surface area contributed by atoms with Crippen molar-refractivity contribution in [2.45, 2.75) is 36.7 Å². The Bertz CT molecular complexity index is 663. The number of rotatable bonds is 4. The standard InChI is InChI=1S/C14H19FN2O4S/c1-9-11(6-4-8-16-9)17-22(19,20)12-7-3-5-10(15)13(12)14(18)21-2/h3,5,7,9,11,16-17H,4,6,8H2,1-2H3. The van der Waals surface area contributed by atoms with Crippen LogP contribution >= 0.6 is 0 Å². The van der Waals surface area contributed by atoms with Gasteiger partial charge in [0.05, 0.1) is 12.0 Å². The molecule has 0 spiro atoms. The number of carbonyl (C=O) groups excluding carboxylic acids is 1. The predicted octanol–water partition coefficient (Wildman–Crippen LogP) is 1.03. The lowest BCUT2D eigenvalue weighted by Crippen LogP contribution is -2.51. The van der Waals surface area contributed by atoms with E-state index in [9.17, 15) is 17.6 Å². The minimum Gasteiger partial charge on any atom is -0.465 e. The number of sulfonamides is 1. The van der Waals surface area contributed by atoms with Crippen molar-refractivity contribution in [3.05, 3.63) is 29.6 Å². The molecule has 1 aliphatic heterocycles. The summed E-state index contributed by atoms with van der Waals surface area (Å²) >= 11 is 0. The van der Waals surface area contributed by atoms with E-state index in [0.717, 1.165) is 26.1 Å². The molecule has 0 radical (unpaired) electrons. The lowest BCUT2D eigenvalue weighted by atomic mass is 10.0. The molecule has 1 aromatic carbocycles. The van der Waals surface area contributed by atoms with Crippen molar-refractivity contribution in [1.29, 1.82) is 0 Å². The Morgan fingerprint density at radius 1 is 1.45 bits per heavy atom. The summed E-state index contributed by atoms with van der Waals surface area (Å²) in [5, 5.41) is 3.17. The second-order valence-corrected chi connectivity index (χ2v) is 6.90. The van der Waals surface area contributed by atoms with Gasteiger partial charge in [0.25, 0.3) is 0 Å². The second kappa shape index (κ2) is 6.72. The van der Waals surface area contributed by atoms with Crippen LogP contribution in [0.15, 0.2) is 23.1 Å². The molecule has 0 aromatic heterocycles. The minimum absolute atomic E-state index is 0.0429. The fourth-order valence-electron chi connectivity index (χ4n) is 2.50. The van der Waals surface area contributed by atoms with Crippen LogP contribution in [0.4, 0.5) is 4.39 Å². The number of carbonyl (C=O) groups is 1. The van der Waals surface area contributed by atoms with Crippen LogP contribution in [0.3, 0.4) is 0 Å². The highest BCUT2D eigenvalue weighted by Crippen LogP contribution is 2.21.